The molecule has 0 radical (unpaired) electrons. The summed E-state index contributed by atoms with van der Waals surface area (Å²) in [6, 6.07) is 23.0. The van der Waals surface area contributed by atoms with Crippen molar-refractivity contribution in [2.45, 2.75) is 52.4 Å². The van der Waals surface area contributed by atoms with E-state index in [4.69, 9.17) is 23.7 Å². The molecule has 0 bridgehead atoms. The van der Waals surface area contributed by atoms with Gasteiger partial charge in [-0.1, -0.05) is 60.7 Å². The summed E-state index contributed by atoms with van der Waals surface area (Å²) in [4.78, 5) is 39.1. The number of amides is 1. The van der Waals surface area contributed by atoms with Gasteiger partial charge in [0.2, 0.25) is 5.91 Å². The fourth-order valence-electron chi connectivity index (χ4n) is 5.64. The zero-order valence-corrected chi connectivity index (χ0v) is 29.1. The van der Waals surface area contributed by atoms with E-state index in [2.05, 4.69) is 5.32 Å². The largest absolute Gasteiger partial charge is 0.485 e. The lowest BCUT2D eigenvalue weighted by Crippen LogP contribution is -2.52. The number of likely N-dealkylation sites (N-methyl/N-ethyl adjacent to an activating group) is 1. The van der Waals surface area contributed by atoms with Crippen LogP contribution in [0.1, 0.15) is 53.2 Å². The number of esters is 2. The van der Waals surface area contributed by atoms with E-state index >= 15 is 0 Å². The number of carbonyl (C=O) groups excluding carboxylic acids is 3. The predicted molar refractivity (Wildman–Crippen MR) is 184 cm³/mol. The van der Waals surface area contributed by atoms with Crippen LogP contribution in [0.5, 0.6) is 11.5 Å². The summed E-state index contributed by atoms with van der Waals surface area (Å²) in [5.41, 5.74) is 2.49. The molecule has 49 heavy (non-hydrogen) atoms. The minimum absolute atomic E-state index is 0.00459. The monoisotopic (exact) mass is 673 g/mol. The standard InChI is InChI=1S/C39H48N2O8/c1-28-21-34(46-24-29-11-7-5-8-12-29)35(47-25-30-13-9-6-10-14-30)22-33(28)37(43)48-27-32(49-38(44)39(2)16-17-39)23-41(3,4)19-18-40-36(42)31-15-20-45-26-31/h5-14,21-22,31-32H,15-20,23-27H2,1-4H3/p+1. The van der Waals surface area contributed by atoms with Crippen LogP contribution in [-0.4, -0.2) is 82.0 Å². The summed E-state index contributed by atoms with van der Waals surface area (Å²) in [5.74, 6) is -0.00589. The number of hydrogen-bond donors (Lipinski definition) is 1. The van der Waals surface area contributed by atoms with Crippen LogP contribution < -0.4 is 14.8 Å². The van der Waals surface area contributed by atoms with Crippen molar-refractivity contribution in [3.63, 3.8) is 0 Å². The lowest BCUT2D eigenvalue weighted by molar-refractivity contribution is -0.892. The topological polar surface area (TPSA) is 109 Å². The van der Waals surface area contributed by atoms with Crippen molar-refractivity contribution in [1.82, 2.24) is 5.32 Å². The molecule has 5 rings (SSSR count). The molecular formula is C39H49N2O8+. The second-order valence-electron chi connectivity index (χ2n) is 14.0. The lowest BCUT2D eigenvalue weighted by atomic mass is 10.1. The maximum atomic E-state index is 13.6. The molecule has 2 aliphatic rings. The Kier molecular flexibility index (Phi) is 12.0. The summed E-state index contributed by atoms with van der Waals surface area (Å²) in [7, 11) is 4.00. The maximum absolute atomic E-state index is 13.6. The Morgan fingerprint density at radius 1 is 0.939 bits per heavy atom. The number of benzene rings is 3. The summed E-state index contributed by atoms with van der Waals surface area (Å²) in [6.45, 7) is 6.76. The van der Waals surface area contributed by atoms with Crippen molar-refractivity contribution in [2.75, 3.05) is 53.6 Å². The maximum Gasteiger partial charge on any atom is 0.338 e. The fourth-order valence-corrected chi connectivity index (χ4v) is 5.64. The van der Waals surface area contributed by atoms with Gasteiger partial charge in [-0.3, -0.25) is 9.59 Å². The molecule has 1 N–H and O–H groups in total. The number of nitrogens with zero attached hydrogens (tertiary/aromatic N) is 1. The van der Waals surface area contributed by atoms with Crippen molar-refractivity contribution in [1.29, 1.82) is 0 Å². The minimum Gasteiger partial charge on any atom is -0.485 e. The van der Waals surface area contributed by atoms with E-state index in [1.54, 1.807) is 12.1 Å². The molecule has 1 aliphatic heterocycles. The second-order valence-corrected chi connectivity index (χ2v) is 14.0. The van der Waals surface area contributed by atoms with Gasteiger partial charge in [-0.15, -0.1) is 0 Å². The van der Waals surface area contributed by atoms with Crippen LogP contribution in [0.15, 0.2) is 72.8 Å². The molecule has 2 fully saturated rings. The highest BCUT2D eigenvalue weighted by molar-refractivity contribution is 5.92. The van der Waals surface area contributed by atoms with E-state index in [1.807, 2.05) is 88.6 Å². The van der Waals surface area contributed by atoms with Crippen LogP contribution in [0.2, 0.25) is 0 Å². The molecule has 1 amide bonds. The fraction of sp³-hybridized carbons (Fsp3) is 0.462. The third-order valence-electron chi connectivity index (χ3n) is 9.17. The number of aryl methyl sites for hydroxylation is 1. The highest BCUT2D eigenvalue weighted by Crippen LogP contribution is 2.46. The number of ether oxygens (including phenoxy) is 5. The quantitative estimate of drug-likeness (QED) is 0.153. The van der Waals surface area contributed by atoms with Gasteiger partial charge in [0.15, 0.2) is 17.6 Å². The van der Waals surface area contributed by atoms with Crippen LogP contribution in [0.25, 0.3) is 0 Å². The van der Waals surface area contributed by atoms with Crippen LogP contribution in [-0.2, 0) is 37.0 Å². The van der Waals surface area contributed by atoms with Crippen LogP contribution in [0.3, 0.4) is 0 Å². The van der Waals surface area contributed by atoms with Crippen molar-refractivity contribution >= 4 is 17.8 Å². The van der Waals surface area contributed by atoms with Crippen molar-refractivity contribution in [3.8, 4) is 11.5 Å². The number of nitrogens with one attached hydrogen (secondary N) is 1. The zero-order chi connectivity index (χ0) is 34.9. The number of hydrogen-bond acceptors (Lipinski definition) is 8. The van der Waals surface area contributed by atoms with Gasteiger partial charge in [0.05, 0.1) is 50.7 Å². The van der Waals surface area contributed by atoms with Gasteiger partial charge in [-0.2, -0.15) is 0 Å². The molecule has 3 aromatic rings. The van der Waals surface area contributed by atoms with E-state index < -0.39 is 17.5 Å². The summed E-state index contributed by atoms with van der Waals surface area (Å²) >= 11 is 0. The molecule has 262 valence electrons. The average Bonchev–Trinajstić information content (AvgIpc) is 3.60. The van der Waals surface area contributed by atoms with E-state index in [9.17, 15) is 14.4 Å². The molecule has 0 aromatic heterocycles. The third kappa shape index (κ3) is 10.5. The van der Waals surface area contributed by atoms with Crippen molar-refractivity contribution < 1.29 is 42.6 Å². The smallest absolute Gasteiger partial charge is 0.338 e. The SMILES string of the molecule is Cc1cc(OCc2ccccc2)c(OCc2ccccc2)cc1C(=O)OCC(C[N+](C)(C)CCNC(=O)C1CCOC1)OC(=O)C1(C)CC1. The van der Waals surface area contributed by atoms with Crippen LogP contribution in [0.4, 0.5) is 0 Å². The molecule has 10 heteroatoms. The molecule has 3 aromatic carbocycles. The zero-order valence-electron chi connectivity index (χ0n) is 29.1. The molecule has 2 unspecified atom stereocenters. The highest BCUT2D eigenvalue weighted by Gasteiger charge is 2.47. The Labute approximate surface area is 289 Å². The van der Waals surface area contributed by atoms with Crippen molar-refractivity contribution in [2.24, 2.45) is 11.3 Å². The Bertz CT molecular complexity index is 1570. The van der Waals surface area contributed by atoms with Gasteiger partial charge >= 0.3 is 11.9 Å². The number of rotatable bonds is 17. The molecule has 0 spiro atoms. The normalized spacial score (nSPS) is 17.1. The molecule has 1 saturated carbocycles. The molecule has 1 saturated heterocycles. The van der Waals surface area contributed by atoms with Crippen molar-refractivity contribution in [3.05, 3.63) is 95.1 Å². The Morgan fingerprint density at radius 2 is 1.55 bits per heavy atom. The average molecular weight is 674 g/mol. The summed E-state index contributed by atoms with van der Waals surface area (Å²) < 4.78 is 29.9. The minimum atomic E-state index is -0.676. The molecule has 2 atom stereocenters. The Balaban J connectivity index is 1.26. The summed E-state index contributed by atoms with van der Waals surface area (Å²) in [6.07, 6.45) is 1.61. The first kappa shape index (κ1) is 35.9. The molecule has 1 heterocycles. The van der Waals surface area contributed by atoms with Gasteiger partial charge in [0, 0.05) is 6.61 Å². The van der Waals surface area contributed by atoms with Gasteiger partial charge in [-0.05, 0) is 61.9 Å². The van der Waals surface area contributed by atoms with E-state index in [0.29, 0.717) is 73.2 Å². The second kappa shape index (κ2) is 16.3. The first-order valence-electron chi connectivity index (χ1n) is 17.1. The molecular weight excluding hydrogens is 624 g/mol. The predicted octanol–water partition coefficient (Wildman–Crippen LogP) is 5.25. The summed E-state index contributed by atoms with van der Waals surface area (Å²) in [5, 5.41) is 3.01. The third-order valence-corrected chi connectivity index (χ3v) is 9.17. The first-order valence-corrected chi connectivity index (χ1v) is 17.1. The highest BCUT2D eigenvalue weighted by atomic mass is 16.6. The van der Waals surface area contributed by atoms with E-state index in [-0.39, 0.29) is 24.4 Å². The molecule has 10 nitrogen and oxygen atoms in total. The van der Waals surface area contributed by atoms with Gasteiger partial charge in [0.1, 0.15) is 26.4 Å². The van der Waals surface area contributed by atoms with Gasteiger partial charge in [-0.25, -0.2) is 4.79 Å². The lowest BCUT2D eigenvalue weighted by Gasteiger charge is -2.33. The van der Waals surface area contributed by atoms with Gasteiger partial charge in [0.25, 0.3) is 0 Å². The van der Waals surface area contributed by atoms with Crippen LogP contribution >= 0.6 is 0 Å². The van der Waals surface area contributed by atoms with E-state index in [1.165, 1.54) is 0 Å². The number of carbonyl (C=O) groups is 3. The first-order chi connectivity index (χ1) is 23.5. The Hall–Kier alpha value is -4.41. The molecule has 1 aliphatic carbocycles. The number of quaternary nitrogens is 1. The van der Waals surface area contributed by atoms with Gasteiger partial charge < -0.3 is 33.5 Å². The van der Waals surface area contributed by atoms with Crippen LogP contribution in [0, 0.1) is 18.3 Å². The van der Waals surface area contributed by atoms with E-state index in [0.717, 1.165) is 30.4 Å². The Morgan fingerprint density at radius 3 is 2.12 bits per heavy atom.